The number of amides is 2. The fourth-order valence-electron chi connectivity index (χ4n) is 3.49. The number of benzene rings is 3. The molecule has 1 fully saturated rings. The summed E-state index contributed by atoms with van der Waals surface area (Å²) in [7, 11) is 0. The number of hydrogen-bond acceptors (Lipinski definition) is 2. The zero-order chi connectivity index (χ0) is 23.0. The van der Waals surface area contributed by atoms with Crippen LogP contribution < -0.4 is 10.6 Å². The first kappa shape index (κ1) is 23.2. The van der Waals surface area contributed by atoms with Crippen LogP contribution in [-0.2, 0) is 4.79 Å². The highest BCUT2D eigenvalue weighted by molar-refractivity contribution is 6.53. The predicted molar refractivity (Wildman–Crippen MR) is 130 cm³/mol. The van der Waals surface area contributed by atoms with Gasteiger partial charge in [0.1, 0.15) is 4.33 Å². The summed E-state index contributed by atoms with van der Waals surface area (Å²) in [5.41, 5.74) is 1.84. The minimum absolute atomic E-state index is 0.203. The van der Waals surface area contributed by atoms with Gasteiger partial charge in [0.15, 0.2) is 0 Å². The second-order valence-electron chi connectivity index (χ2n) is 7.26. The summed E-state index contributed by atoms with van der Waals surface area (Å²) in [6.45, 7) is 0. The molecule has 2 atom stereocenters. The Labute approximate surface area is 209 Å². The molecule has 4 nitrogen and oxygen atoms in total. The van der Waals surface area contributed by atoms with Gasteiger partial charge in [-0.1, -0.05) is 46.9 Å². The van der Waals surface area contributed by atoms with E-state index in [1.807, 2.05) is 0 Å². The largest absolute Gasteiger partial charge is 0.326 e. The Morgan fingerprint density at radius 2 is 1.50 bits per heavy atom. The van der Waals surface area contributed by atoms with Gasteiger partial charge in [0.05, 0.1) is 16.5 Å². The zero-order valence-electron chi connectivity index (χ0n) is 16.1. The van der Waals surface area contributed by atoms with Crippen LogP contribution in [0.25, 0.3) is 0 Å². The molecule has 2 N–H and O–H groups in total. The maximum absolute atomic E-state index is 12.9. The van der Waals surface area contributed by atoms with Crippen molar-refractivity contribution in [3.05, 3.63) is 92.9 Å². The molecular weight excluding hydrogens is 514 g/mol. The maximum Gasteiger partial charge on any atom is 0.257 e. The number of nitrogens with one attached hydrogen (secondary N) is 2. The molecule has 2 amide bonds. The lowest BCUT2D eigenvalue weighted by Gasteiger charge is -2.10. The molecule has 1 radical (unpaired) electrons. The molecule has 3 aromatic carbocycles. The van der Waals surface area contributed by atoms with E-state index < -0.39 is 28.0 Å². The summed E-state index contributed by atoms with van der Waals surface area (Å²) >= 11 is 31.1. The molecule has 0 aliphatic heterocycles. The van der Waals surface area contributed by atoms with Gasteiger partial charge in [-0.15, -0.1) is 23.2 Å². The van der Waals surface area contributed by atoms with E-state index in [4.69, 9.17) is 58.0 Å². The molecule has 163 valence electrons. The third-order valence-corrected chi connectivity index (χ3v) is 6.74. The van der Waals surface area contributed by atoms with Gasteiger partial charge in [-0.3, -0.25) is 9.59 Å². The Bertz CT molecular complexity index is 1180. The van der Waals surface area contributed by atoms with Gasteiger partial charge in [0, 0.05) is 27.3 Å². The van der Waals surface area contributed by atoms with E-state index in [0.717, 1.165) is 0 Å². The van der Waals surface area contributed by atoms with Crippen LogP contribution in [0.4, 0.5) is 11.4 Å². The molecule has 0 aromatic heterocycles. The van der Waals surface area contributed by atoms with Crippen molar-refractivity contribution in [1.82, 2.24) is 0 Å². The molecule has 0 saturated heterocycles. The second-order valence-corrected chi connectivity index (χ2v) is 9.98. The van der Waals surface area contributed by atoms with Crippen LogP contribution >= 0.6 is 58.0 Å². The van der Waals surface area contributed by atoms with Crippen LogP contribution in [0.2, 0.25) is 15.1 Å². The number of carbonyl (C=O) groups is 2. The van der Waals surface area contributed by atoms with Crippen molar-refractivity contribution in [3.8, 4) is 0 Å². The molecule has 1 saturated carbocycles. The van der Waals surface area contributed by atoms with Crippen molar-refractivity contribution in [2.75, 3.05) is 10.6 Å². The van der Waals surface area contributed by atoms with Crippen LogP contribution in [0.5, 0.6) is 0 Å². The van der Waals surface area contributed by atoms with Crippen molar-refractivity contribution >= 4 is 81.2 Å². The van der Waals surface area contributed by atoms with Crippen molar-refractivity contribution < 1.29 is 9.59 Å². The Balaban J connectivity index is 1.51. The molecule has 0 spiro atoms. The van der Waals surface area contributed by atoms with E-state index in [1.54, 1.807) is 48.5 Å². The highest BCUT2D eigenvalue weighted by Gasteiger charge is 2.67. The number of hydrogen-bond donors (Lipinski definition) is 2. The van der Waals surface area contributed by atoms with Crippen molar-refractivity contribution in [2.45, 2.75) is 10.3 Å². The summed E-state index contributed by atoms with van der Waals surface area (Å²) in [5, 5.41) is 6.59. The second kappa shape index (κ2) is 9.12. The van der Waals surface area contributed by atoms with Gasteiger partial charge in [0.25, 0.3) is 5.91 Å². The first-order valence-corrected chi connectivity index (χ1v) is 11.3. The van der Waals surface area contributed by atoms with Gasteiger partial charge in [-0.25, -0.2) is 0 Å². The molecule has 0 heterocycles. The van der Waals surface area contributed by atoms with Gasteiger partial charge in [-0.05, 0) is 60.2 Å². The number of anilines is 2. The Morgan fingerprint density at radius 1 is 0.844 bits per heavy atom. The van der Waals surface area contributed by atoms with E-state index in [-0.39, 0.29) is 10.6 Å². The van der Waals surface area contributed by atoms with Crippen molar-refractivity contribution in [3.63, 3.8) is 0 Å². The van der Waals surface area contributed by atoms with Gasteiger partial charge >= 0.3 is 0 Å². The number of alkyl halides is 2. The topological polar surface area (TPSA) is 58.2 Å². The van der Waals surface area contributed by atoms with Crippen LogP contribution in [0.3, 0.4) is 0 Å². The maximum atomic E-state index is 12.9. The summed E-state index contributed by atoms with van der Waals surface area (Å²) in [5.74, 6) is -2.02. The molecule has 1 aliphatic rings. The Hall–Kier alpha value is -1.95. The summed E-state index contributed by atoms with van der Waals surface area (Å²) in [6.07, 6.45) is 0. The molecular formula is C23H14Cl5N2O2. The fraction of sp³-hybridized carbons (Fsp3) is 0.130. The van der Waals surface area contributed by atoms with Crippen LogP contribution in [0, 0.1) is 12.0 Å². The molecule has 4 rings (SSSR count). The number of carbonyl (C=O) groups excluding carboxylic acids is 2. The van der Waals surface area contributed by atoms with E-state index >= 15 is 0 Å². The predicted octanol–water partition coefficient (Wildman–Crippen LogP) is 7.23. The van der Waals surface area contributed by atoms with Gasteiger partial charge < -0.3 is 10.6 Å². The quantitative estimate of drug-likeness (QED) is 0.344. The molecule has 1 aliphatic carbocycles. The average molecular weight is 528 g/mol. The summed E-state index contributed by atoms with van der Waals surface area (Å²) < 4.78 is -1.31. The minimum Gasteiger partial charge on any atom is -0.326 e. The third kappa shape index (κ3) is 4.85. The normalized spacial score (nSPS) is 18.7. The monoisotopic (exact) mass is 525 g/mol. The number of halogens is 5. The van der Waals surface area contributed by atoms with Crippen molar-refractivity contribution in [2.24, 2.45) is 5.92 Å². The SMILES string of the molecule is O=C(Nc1cc[c]cc1)c1cc(NC(=O)C2C(c3cc(Cl)cc(Cl)c3)C2(Cl)Cl)ccc1Cl. The lowest BCUT2D eigenvalue weighted by Crippen LogP contribution is -2.18. The first-order chi connectivity index (χ1) is 15.2. The van der Waals surface area contributed by atoms with E-state index in [0.29, 0.717) is 27.0 Å². The van der Waals surface area contributed by atoms with Crippen LogP contribution in [-0.4, -0.2) is 16.1 Å². The standard InChI is InChI=1S/C23H14Cl5N2O2/c24-13-8-12(9-14(25)10-13)19-20(23(19,27)28)22(32)30-16-6-7-18(26)17(11-16)21(31)29-15-4-2-1-3-5-15/h2-11,19-20H,(H,29,31)(H,30,32). The molecule has 3 aromatic rings. The molecule has 0 bridgehead atoms. The average Bonchev–Trinajstić information content (AvgIpc) is 3.31. The lowest BCUT2D eigenvalue weighted by atomic mass is 10.1. The molecule has 2 unspecified atom stereocenters. The zero-order valence-corrected chi connectivity index (χ0v) is 19.9. The highest BCUT2D eigenvalue weighted by Crippen LogP contribution is 2.65. The van der Waals surface area contributed by atoms with E-state index in [9.17, 15) is 9.59 Å². The van der Waals surface area contributed by atoms with E-state index in [2.05, 4.69) is 16.7 Å². The third-order valence-electron chi connectivity index (χ3n) is 5.03. The Morgan fingerprint density at radius 3 is 2.16 bits per heavy atom. The van der Waals surface area contributed by atoms with Gasteiger partial charge in [0.2, 0.25) is 5.91 Å². The van der Waals surface area contributed by atoms with Crippen LogP contribution in [0.15, 0.2) is 60.7 Å². The minimum atomic E-state index is -1.31. The van der Waals surface area contributed by atoms with Gasteiger partial charge in [-0.2, -0.15) is 0 Å². The first-order valence-electron chi connectivity index (χ1n) is 9.38. The molecule has 32 heavy (non-hydrogen) atoms. The van der Waals surface area contributed by atoms with Crippen LogP contribution in [0.1, 0.15) is 21.8 Å². The Kier molecular flexibility index (Phi) is 6.62. The summed E-state index contributed by atoms with van der Waals surface area (Å²) in [4.78, 5) is 25.6. The number of rotatable bonds is 5. The smallest absolute Gasteiger partial charge is 0.257 e. The molecule has 9 heteroatoms. The van der Waals surface area contributed by atoms with Crippen molar-refractivity contribution in [1.29, 1.82) is 0 Å². The highest BCUT2D eigenvalue weighted by atomic mass is 35.5. The van der Waals surface area contributed by atoms with E-state index in [1.165, 1.54) is 12.1 Å². The lowest BCUT2D eigenvalue weighted by molar-refractivity contribution is -0.117. The fourth-order valence-corrected chi connectivity index (χ4v) is 5.06. The summed E-state index contributed by atoms with van der Waals surface area (Å²) in [6, 6.07) is 19.2.